The van der Waals surface area contributed by atoms with Crippen LogP contribution in [0.25, 0.3) is 0 Å². The summed E-state index contributed by atoms with van der Waals surface area (Å²) < 4.78 is 59.4. The zero-order chi connectivity index (χ0) is 13.7. The molecule has 0 saturated carbocycles. The number of unbranched alkanes of at least 4 members (excludes halogenated alkanes) is 1. The van der Waals surface area contributed by atoms with Gasteiger partial charge in [-0.3, -0.25) is 4.79 Å². The van der Waals surface area contributed by atoms with E-state index >= 15 is 0 Å². The highest BCUT2D eigenvalue weighted by molar-refractivity contribution is 7.89. The summed E-state index contributed by atoms with van der Waals surface area (Å²) in [5.74, 6) is -3.00. The molecular formula is C8H14F3NO4S. The summed E-state index contributed by atoms with van der Waals surface area (Å²) in [6.45, 7) is -0.288. The van der Waals surface area contributed by atoms with Crippen LogP contribution in [-0.2, 0) is 14.8 Å². The van der Waals surface area contributed by atoms with Gasteiger partial charge in [0.15, 0.2) is 5.75 Å². The van der Waals surface area contributed by atoms with Crippen molar-refractivity contribution in [2.45, 2.75) is 25.9 Å². The van der Waals surface area contributed by atoms with Crippen molar-refractivity contribution in [3.63, 3.8) is 0 Å². The Kier molecular flexibility index (Phi) is 5.89. The van der Waals surface area contributed by atoms with E-state index in [9.17, 15) is 26.4 Å². The molecule has 0 heterocycles. The maximum absolute atomic E-state index is 12.1. The quantitative estimate of drug-likeness (QED) is 0.755. The van der Waals surface area contributed by atoms with E-state index in [1.165, 1.54) is 0 Å². The number of carboxylic acid groups (broad SMARTS) is 1. The standard InChI is InChI=1S/C8H14F3NO4S/c1-2-3-4-12(6-8(9,10)11)17(15,16)5-7(13)14/h2-6H2,1H3,(H,13,14). The monoisotopic (exact) mass is 277 g/mol. The molecule has 0 aromatic heterocycles. The predicted molar refractivity (Wildman–Crippen MR) is 54.0 cm³/mol. The van der Waals surface area contributed by atoms with Crippen molar-refractivity contribution in [2.24, 2.45) is 0 Å². The molecule has 0 aromatic carbocycles. The number of rotatable bonds is 7. The van der Waals surface area contributed by atoms with Crippen molar-refractivity contribution in [2.75, 3.05) is 18.8 Å². The Balaban J connectivity index is 4.84. The van der Waals surface area contributed by atoms with Crippen molar-refractivity contribution < 1.29 is 31.5 Å². The normalized spacial score (nSPS) is 13.0. The molecule has 0 bridgehead atoms. The van der Waals surface area contributed by atoms with E-state index in [4.69, 9.17) is 5.11 Å². The maximum Gasteiger partial charge on any atom is 0.402 e. The summed E-state index contributed by atoms with van der Waals surface area (Å²) in [6.07, 6.45) is -3.93. The molecule has 0 aromatic rings. The van der Waals surface area contributed by atoms with E-state index < -0.39 is 34.5 Å². The number of nitrogens with zero attached hydrogens (tertiary/aromatic N) is 1. The van der Waals surface area contributed by atoms with E-state index in [1.807, 2.05) is 0 Å². The van der Waals surface area contributed by atoms with Crippen molar-refractivity contribution in [1.29, 1.82) is 0 Å². The van der Waals surface area contributed by atoms with Gasteiger partial charge in [0, 0.05) is 6.54 Å². The minimum absolute atomic E-state index is 0.171. The molecule has 0 fully saturated rings. The molecule has 0 aliphatic rings. The number of carboxylic acids is 1. The minimum Gasteiger partial charge on any atom is -0.480 e. The fraction of sp³-hybridized carbons (Fsp3) is 0.875. The number of alkyl halides is 3. The smallest absolute Gasteiger partial charge is 0.402 e. The lowest BCUT2D eigenvalue weighted by Crippen LogP contribution is -2.42. The first-order valence-electron chi connectivity index (χ1n) is 4.85. The number of hydrogen-bond donors (Lipinski definition) is 1. The largest absolute Gasteiger partial charge is 0.480 e. The van der Waals surface area contributed by atoms with Gasteiger partial charge in [-0.15, -0.1) is 0 Å². The molecule has 9 heteroatoms. The Morgan fingerprint density at radius 2 is 1.88 bits per heavy atom. The van der Waals surface area contributed by atoms with Crippen LogP contribution in [0.15, 0.2) is 0 Å². The van der Waals surface area contributed by atoms with Gasteiger partial charge >= 0.3 is 12.1 Å². The van der Waals surface area contributed by atoms with Gasteiger partial charge in [0.1, 0.15) is 6.54 Å². The van der Waals surface area contributed by atoms with Crippen LogP contribution in [0.5, 0.6) is 0 Å². The topological polar surface area (TPSA) is 74.7 Å². The Labute approximate surface area is 97.3 Å². The first-order chi connectivity index (χ1) is 7.58. The van der Waals surface area contributed by atoms with E-state index in [2.05, 4.69) is 0 Å². The van der Waals surface area contributed by atoms with Crippen LogP contribution >= 0.6 is 0 Å². The summed E-state index contributed by atoms with van der Waals surface area (Å²) in [6, 6.07) is 0. The molecule has 17 heavy (non-hydrogen) atoms. The third kappa shape index (κ3) is 7.16. The molecule has 5 nitrogen and oxygen atoms in total. The third-order valence-corrected chi connectivity index (χ3v) is 3.53. The van der Waals surface area contributed by atoms with Gasteiger partial charge in [0.25, 0.3) is 0 Å². The molecule has 1 N–H and O–H groups in total. The van der Waals surface area contributed by atoms with Crippen LogP contribution < -0.4 is 0 Å². The lowest BCUT2D eigenvalue weighted by molar-refractivity contribution is -0.138. The van der Waals surface area contributed by atoms with Crippen LogP contribution in [0.4, 0.5) is 13.2 Å². The summed E-state index contributed by atoms with van der Waals surface area (Å²) in [4.78, 5) is 10.3. The molecule has 102 valence electrons. The zero-order valence-electron chi connectivity index (χ0n) is 9.20. The van der Waals surface area contributed by atoms with E-state index in [0.717, 1.165) is 0 Å². The van der Waals surface area contributed by atoms with Crippen molar-refractivity contribution in [3.8, 4) is 0 Å². The first-order valence-corrected chi connectivity index (χ1v) is 6.46. The average Bonchev–Trinajstić information content (AvgIpc) is 2.07. The Morgan fingerprint density at radius 3 is 2.24 bits per heavy atom. The molecule has 0 atom stereocenters. The minimum atomic E-state index is -4.68. The number of sulfonamides is 1. The lowest BCUT2D eigenvalue weighted by atomic mass is 10.3. The van der Waals surface area contributed by atoms with Gasteiger partial charge < -0.3 is 5.11 Å². The number of aliphatic carboxylic acids is 1. The summed E-state index contributed by atoms with van der Waals surface area (Å²) in [5, 5.41) is 8.33. The van der Waals surface area contributed by atoms with Crippen LogP contribution in [0.3, 0.4) is 0 Å². The summed E-state index contributed by atoms with van der Waals surface area (Å²) >= 11 is 0. The number of carbonyl (C=O) groups is 1. The highest BCUT2D eigenvalue weighted by Crippen LogP contribution is 2.19. The Bertz CT molecular complexity index is 352. The van der Waals surface area contributed by atoms with Crippen LogP contribution in [0.2, 0.25) is 0 Å². The van der Waals surface area contributed by atoms with Gasteiger partial charge in [0.2, 0.25) is 10.0 Å². The molecule has 0 rings (SSSR count). The van der Waals surface area contributed by atoms with E-state index in [-0.39, 0.29) is 17.3 Å². The lowest BCUT2D eigenvalue weighted by Gasteiger charge is -2.22. The summed E-state index contributed by atoms with van der Waals surface area (Å²) in [5.41, 5.74) is 0. The van der Waals surface area contributed by atoms with E-state index in [1.54, 1.807) is 6.92 Å². The molecule has 0 aliphatic heterocycles. The SMILES string of the molecule is CCCCN(CC(F)(F)F)S(=O)(=O)CC(=O)O. The van der Waals surface area contributed by atoms with E-state index in [0.29, 0.717) is 6.42 Å². The molecule has 0 radical (unpaired) electrons. The number of hydrogen-bond acceptors (Lipinski definition) is 3. The zero-order valence-corrected chi connectivity index (χ0v) is 10.0. The first kappa shape index (κ1) is 16.2. The second kappa shape index (κ2) is 6.20. The Hall–Kier alpha value is -0.830. The second-order valence-electron chi connectivity index (χ2n) is 3.45. The van der Waals surface area contributed by atoms with Crippen LogP contribution in [-0.4, -0.2) is 48.8 Å². The highest BCUT2D eigenvalue weighted by Gasteiger charge is 2.36. The molecule has 0 unspecified atom stereocenters. The van der Waals surface area contributed by atoms with Crippen LogP contribution in [0, 0.1) is 0 Å². The molecule has 0 aliphatic carbocycles. The predicted octanol–water partition coefficient (Wildman–Crippen LogP) is 1.07. The average molecular weight is 277 g/mol. The fourth-order valence-electron chi connectivity index (χ4n) is 1.10. The molecule has 0 amide bonds. The second-order valence-corrected chi connectivity index (χ2v) is 5.42. The number of halogens is 3. The van der Waals surface area contributed by atoms with Crippen molar-refractivity contribution in [3.05, 3.63) is 0 Å². The molecule has 0 saturated heterocycles. The van der Waals surface area contributed by atoms with Gasteiger partial charge in [-0.05, 0) is 6.42 Å². The third-order valence-electron chi connectivity index (χ3n) is 1.82. The van der Waals surface area contributed by atoms with Crippen LogP contribution in [0.1, 0.15) is 19.8 Å². The van der Waals surface area contributed by atoms with Crippen molar-refractivity contribution in [1.82, 2.24) is 4.31 Å². The summed E-state index contributed by atoms with van der Waals surface area (Å²) in [7, 11) is -4.41. The fourth-order valence-corrected chi connectivity index (χ4v) is 2.34. The van der Waals surface area contributed by atoms with Crippen molar-refractivity contribution >= 4 is 16.0 Å². The Morgan fingerprint density at radius 1 is 1.35 bits per heavy atom. The van der Waals surface area contributed by atoms with Gasteiger partial charge in [-0.2, -0.15) is 17.5 Å². The van der Waals surface area contributed by atoms with Gasteiger partial charge in [-0.1, -0.05) is 13.3 Å². The van der Waals surface area contributed by atoms with Gasteiger partial charge in [0.05, 0.1) is 0 Å². The van der Waals surface area contributed by atoms with Gasteiger partial charge in [-0.25, -0.2) is 8.42 Å². The highest BCUT2D eigenvalue weighted by atomic mass is 32.2. The maximum atomic E-state index is 12.1. The molecule has 0 spiro atoms. The molecular weight excluding hydrogens is 263 g/mol.